The van der Waals surface area contributed by atoms with Crippen molar-refractivity contribution in [1.82, 2.24) is 4.98 Å². The molecule has 0 aliphatic carbocycles. The van der Waals surface area contributed by atoms with E-state index in [9.17, 15) is 4.79 Å². The Balaban J connectivity index is 1.56. The van der Waals surface area contributed by atoms with E-state index in [0.29, 0.717) is 22.2 Å². The van der Waals surface area contributed by atoms with Crippen LogP contribution in [0.15, 0.2) is 72.1 Å². The molecule has 0 bridgehead atoms. The summed E-state index contributed by atoms with van der Waals surface area (Å²) in [4.78, 5) is 17.6. The van der Waals surface area contributed by atoms with Crippen molar-refractivity contribution >= 4 is 22.4 Å². The van der Waals surface area contributed by atoms with Crippen molar-refractivity contribution in [3.05, 3.63) is 94.4 Å². The van der Waals surface area contributed by atoms with Crippen LogP contribution in [0.3, 0.4) is 0 Å². The molecule has 4 rings (SSSR count). The van der Waals surface area contributed by atoms with Crippen LogP contribution in [-0.2, 0) is 0 Å². The van der Waals surface area contributed by atoms with E-state index in [0.717, 1.165) is 11.3 Å². The molecular formula is C25H22N2O2S. The summed E-state index contributed by atoms with van der Waals surface area (Å²) in [5.41, 5.74) is 6.03. The van der Waals surface area contributed by atoms with Crippen molar-refractivity contribution in [2.45, 2.75) is 20.8 Å². The van der Waals surface area contributed by atoms with Crippen LogP contribution >= 0.6 is 11.3 Å². The SMILES string of the molecule is Cc1cc(C)c(-c2csc(NC(=O)c3ccccc3Oc3ccccc3)n2)c(C)c1. The van der Waals surface area contributed by atoms with E-state index in [-0.39, 0.29) is 5.91 Å². The van der Waals surface area contributed by atoms with Gasteiger partial charge in [0.1, 0.15) is 11.5 Å². The van der Waals surface area contributed by atoms with Gasteiger partial charge in [-0.25, -0.2) is 4.98 Å². The minimum Gasteiger partial charge on any atom is -0.457 e. The van der Waals surface area contributed by atoms with E-state index < -0.39 is 0 Å². The lowest BCUT2D eigenvalue weighted by atomic mass is 9.98. The number of aromatic nitrogens is 1. The van der Waals surface area contributed by atoms with Gasteiger partial charge in [0.15, 0.2) is 5.13 Å². The highest BCUT2D eigenvalue weighted by Gasteiger charge is 2.16. The van der Waals surface area contributed by atoms with Gasteiger partial charge in [0, 0.05) is 10.9 Å². The molecular weight excluding hydrogens is 392 g/mol. The van der Waals surface area contributed by atoms with Crippen LogP contribution in [0.25, 0.3) is 11.3 Å². The topological polar surface area (TPSA) is 51.2 Å². The fourth-order valence-corrected chi connectivity index (χ4v) is 4.25. The Hall–Kier alpha value is -3.44. The molecule has 0 unspecified atom stereocenters. The van der Waals surface area contributed by atoms with Crippen molar-refractivity contribution in [3.63, 3.8) is 0 Å². The summed E-state index contributed by atoms with van der Waals surface area (Å²) in [6, 6.07) is 20.9. The Morgan fingerprint density at radius 1 is 0.933 bits per heavy atom. The highest BCUT2D eigenvalue weighted by Crippen LogP contribution is 2.32. The second-order valence-electron chi connectivity index (χ2n) is 7.18. The number of benzene rings is 3. The highest BCUT2D eigenvalue weighted by atomic mass is 32.1. The first kappa shape index (κ1) is 19.9. The zero-order valence-electron chi connectivity index (χ0n) is 17.1. The molecule has 0 fully saturated rings. The number of hydrogen-bond donors (Lipinski definition) is 1. The smallest absolute Gasteiger partial charge is 0.261 e. The fourth-order valence-electron chi connectivity index (χ4n) is 3.55. The number of carbonyl (C=O) groups is 1. The number of para-hydroxylation sites is 2. The van der Waals surface area contributed by atoms with Crippen molar-refractivity contribution in [2.75, 3.05) is 5.32 Å². The predicted octanol–water partition coefficient (Wildman–Crippen LogP) is 6.78. The maximum Gasteiger partial charge on any atom is 0.261 e. The van der Waals surface area contributed by atoms with E-state index in [2.05, 4.69) is 43.2 Å². The monoisotopic (exact) mass is 414 g/mol. The van der Waals surface area contributed by atoms with Crippen LogP contribution in [0.5, 0.6) is 11.5 Å². The average molecular weight is 415 g/mol. The molecule has 3 aromatic carbocycles. The molecule has 0 aliphatic rings. The lowest BCUT2D eigenvalue weighted by Gasteiger charge is -2.10. The summed E-state index contributed by atoms with van der Waals surface area (Å²) in [6.45, 7) is 6.26. The third-order valence-corrected chi connectivity index (χ3v) is 5.52. The standard InChI is InChI=1S/C25H22N2O2S/c1-16-13-17(2)23(18(3)14-16)21-15-30-25(26-21)27-24(28)20-11-7-8-12-22(20)29-19-9-5-4-6-10-19/h4-15H,1-3H3,(H,26,27,28). The minimum atomic E-state index is -0.250. The lowest BCUT2D eigenvalue weighted by molar-refractivity contribution is 0.102. The number of carbonyl (C=O) groups excluding carboxylic acids is 1. The number of aryl methyl sites for hydroxylation is 3. The Kier molecular flexibility index (Phi) is 5.63. The van der Waals surface area contributed by atoms with E-state index in [4.69, 9.17) is 4.74 Å². The Morgan fingerprint density at radius 2 is 1.60 bits per heavy atom. The van der Waals surface area contributed by atoms with Gasteiger partial charge in [0.2, 0.25) is 0 Å². The summed E-state index contributed by atoms with van der Waals surface area (Å²) >= 11 is 1.41. The van der Waals surface area contributed by atoms with Crippen molar-refractivity contribution < 1.29 is 9.53 Å². The minimum absolute atomic E-state index is 0.250. The van der Waals surface area contributed by atoms with Crippen LogP contribution in [-0.4, -0.2) is 10.9 Å². The van der Waals surface area contributed by atoms with Gasteiger partial charge in [-0.3, -0.25) is 10.1 Å². The molecule has 1 heterocycles. The van der Waals surface area contributed by atoms with E-state index >= 15 is 0 Å². The van der Waals surface area contributed by atoms with Gasteiger partial charge in [-0.2, -0.15) is 0 Å². The quantitative estimate of drug-likeness (QED) is 0.392. The van der Waals surface area contributed by atoms with E-state index in [1.165, 1.54) is 28.0 Å². The predicted molar refractivity (Wildman–Crippen MR) is 123 cm³/mol. The second kappa shape index (κ2) is 8.51. The Morgan fingerprint density at radius 3 is 2.33 bits per heavy atom. The molecule has 1 N–H and O–H groups in total. The van der Waals surface area contributed by atoms with Crippen molar-refractivity contribution in [1.29, 1.82) is 0 Å². The first-order valence-electron chi connectivity index (χ1n) is 9.68. The van der Waals surface area contributed by atoms with Crippen LogP contribution in [0.4, 0.5) is 5.13 Å². The molecule has 5 heteroatoms. The third-order valence-electron chi connectivity index (χ3n) is 4.76. The largest absolute Gasteiger partial charge is 0.457 e. The van der Waals surface area contributed by atoms with E-state index in [1.807, 2.05) is 47.8 Å². The summed E-state index contributed by atoms with van der Waals surface area (Å²) in [5, 5.41) is 5.45. The maximum atomic E-state index is 12.9. The highest BCUT2D eigenvalue weighted by molar-refractivity contribution is 7.14. The van der Waals surface area contributed by atoms with Gasteiger partial charge >= 0.3 is 0 Å². The first-order chi connectivity index (χ1) is 14.5. The first-order valence-corrected chi connectivity index (χ1v) is 10.6. The molecule has 0 spiro atoms. The molecule has 150 valence electrons. The van der Waals surface area contributed by atoms with Crippen LogP contribution in [0.1, 0.15) is 27.0 Å². The molecule has 30 heavy (non-hydrogen) atoms. The number of nitrogens with zero attached hydrogens (tertiary/aromatic N) is 1. The molecule has 0 atom stereocenters. The summed E-state index contributed by atoms with van der Waals surface area (Å²) in [5.74, 6) is 0.933. The second-order valence-corrected chi connectivity index (χ2v) is 8.04. The van der Waals surface area contributed by atoms with Gasteiger partial charge in [0.25, 0.3) is 5.91 Å². The fraction of sp³-hybridized carbons (Fsp3) is 0.120. The number of ether oxygens (including phenoxy) is 1. The average Bonchev–Trinajstić information content (AvgIpc) is 3.16. The molecule has 0 saturated carbocycles. The van der Waals surface area contributed by atoms with Gasteiger partial charge < -0.3 is 4.74 Å². The van der Waals surface area contributed by atoms with Crippen LogP contribution in [0.2, 0.25) is 0 Å². The normalized spacial score (nSPS) is 10.6. The molecule has 0 radical (unpaired) electrons. The number of thiazole rings is 1. The number of rotatable bonds is 5. The van der Waals surface area contributed by atoms with Crippen molar-refractivity contribution in [2.24, 2.45) is 0 Å². The molecule has 0 aliphatic heterocycles. The number of hydrogen-bond acceptors (Lipinski definition) is 4. The van der Waals surface area contributed by atoms with Crippen LogP contribution in [0, 0.1) is 20.8 Å². The van der Waals surface area contributed by atoms with Gasteiger partial charge in [-0.15, -0.1) is 11.3 Å². The zero-order chi connectivity index (χ0) is 21.1. The molecule has 1 aromatic heterocycles. The van der Waals surface area contributed by atoms with Gasteiger partial charge in [-0.1, -0.05) is 48.0 Å². The maximum absolute atomic E-state index is 12.9. The van der Waals surface area contributed by atoms with Gasteiger partial charge in [0.05, 0.1) is 11.3 Å². The Bertz CT molecular complexity index is 1180. The number of amides is 1. The number of nitrogens with one attached hydrogen (secondary N) is 1. The van der Waals surface area contributed by atoms with Crippen molar-refractivity contribution in [3.8, 4) is 22.8 Å². The Labute approximate surface area is 180 Å². The molecule has 4 nitrogen and oxygen atoms in total. The summed E-state index contributed by atoms with van der Waals surface area (Å²) in [6.07, 6.45) is 0. The molecule has 4 aromatic rings. The van der Waals surface area contributed by atoms with Gasteiger partial charge in [-0.05, 0) is 56.2 Å². The number of anilines is 1. The zero-order valence-corrected chi connectivity index (χ0v) is 17.9. The third kappa shape index (κ3) is 4.26. The summed E-state index contributed by atoms with van der Waals surface area (Å²) < 4.78 is 5.91. The lowest BCUT2D eigenvalue weighted by Crippen LogP contribution is -2.12. The van der Waals surface area contributed by atoms with E-state index in [1.54, 1.807) is 12.1 Å². The molecule has 1 amide bonds. The summed E-state index contributed by atoms with van der Waals surface area (Å²) in [7, 11) is 0. The van der Waals surface area contributed by atoms with Crippen LogP contribution < -0.4 is 10.1 Å². The molecule has 0 saturated heterocycles.